The summed E-state index contributed by atoms with van der Waals surface area (Å²) in [4.78, 5) is 14.7. The highest BCUT2D eigenvalue weighted by atomic mass is 79.9. The molecule has 104 valence electrons. The highest BCUT2D eigenvalue weighted by Gasteiger charge is 2.20. The first-order valence-corrected chi connectivity index (χ1v) is 7.56. The van der Waals surface area contributed by atoms with Crippen LogP contribution in [0.25, 0.3) is 0 Å². The van der Waals surface area contributed by atoms with E-state index in [4.69, 9.17) is 4.74 Å². The molecule has 0 amide bonds. The normalized spacial score (nSPS) is 10.3. The van der Waals surface area contributed by atoms with Gasteiger partial charge in [0, 0.05) is 33.7 Å². The fourth-order valence-corrected chi connectivity index (χ4v) is 2.53. The number of hydrogen-bond acceptors (Lipinski definition) is 4. The van der Waals surface area contributed by atoms with Crippen molar-refractivity contribution in [2.45, 2.75) is 12.3 Å². The monoisotopic (exact) mass is 400 g/mol. The lowest BCUT2D eigenvalue weighted by molar-refractivity contribution is -0.385. The average Bonchev–Trinajstić information content (AvgIpc) is 2.42. The Hall–Kier alpha value is -1.47. The molecule has 0 N–H and O–H groups in total. The van der Waals surface area contributed by atoms with Crippen molar-refractivity contribution in [2.75, 3.05) is 0 Å². The molecule has 0 aliphatic carbocycles. The summed E-state index contributed by atoms with van der Waals surface area (Å²) in [6, 6.07) is 6.70. The van der Waals surface area contributed by atoms with E-state index in [2.05, 4.69) is 36.8 Å². The largest absolute Gasteiger partial charge is 0.432 e. The van der Waals surface area contributed by atoms with E-state index in [1.807, 2.05) is 6.07 Å². The van der Waals surface area contributed by atoms with E-state index in [1.54, 1.807) is 25.3 Å². The van der Waals surface area contributed by atoms with Gasteiger partial charge in [-0.3, -0.25) is 10.1 Å². The molecule has 0 unspecified atom stereocenters. The minimum Gasteiger partial charge on any atom is -0.432 e. The van der Waals surface area contributed by atoms with Gasteiger partial charge in [0.15, 0.2) is 0 Å². The maximum atomic E-state index is 11.1. The number of ether oxygens (including phenoxy) is 1. The molecule has 20 heavy (non-hydrogen) atoms. The molecule has 0 aliphatic rings. The molecule has 0 atom stereocenters. The van der Waals surface area contributed by atoms with Crippen LogP contribution in [-0.2, 0) is 5.33 Å². The molecule has 0 saturated carbocycles. The van der Waals surface area contributed by atoms with Crippen LogP contribution in [0, 0.1) is 17.0 Å². The molecule has 5 nitrogen and oxygen atoms in total. The molecule has 1 heterocycles. The van der Waals surface area contributed by atoms with Gasteiger partial charge in [0.05, 0.1) is 4.92 Å². The summed E-state index contributed by atoms with van der Waals surface area (Å²) in [6.45, 7) is 1.75. The van der Waals surface area contributed by atoms with E-state index < -0.39 is 4.92 Å². The number of alkyl halides is 1. The Bertz CT molecular complexity index is 645. The number of pyridine rings is 1. The zero-order valence-electron chi connectivity index (χ0n) is 10.5. The Balaban J connectivity index is 2.39. The molecule has 2 rings (SSSR count). The summed E-state index contributed by atoms with van der Waals surface area (Å²) < 4.78 is 6.20. The van der Waals surface area contributed by atoms with Crippen molar-refractivity contribution in [3.63, 3.8) is 0 Å². The number of benzene rings is 1. The molecule has 1 aromatic carbocycles. The number of aryl methyl sites for hydroxylation is 1. The van der Waals surface area contributed by atoms with Crippen molar-refractivity contribution in [3.05, 3.63) is 56.2 Å². The van der Waals surface area contributed by atoms with Gasteiger partial charge in [0.25, 0.3) is 0 Å². The lowest BCUT2D eigenvalue weighted by Crippen LogP contribution is -1.97. The van der Waals surface area contributed by atoms with Crippen molar-refractivity contribution in [2.24, 2.45) is 0 Å². The predicted molar refractivity (Wildman–Crippen MR) is 82.5 cm³/mol. The molecule has 0 fully saturated rings. The second kappa shape index (κ2) is 6.32. The fourth-order valence-electron chi connectivity index (χ4n) is 1.64. The molecule has 0 bridgehead atoms. The van der Waals surface area contributed by atoms with E-state index in [9.17, 15) is 10.1 Å². The zero-order valence-corrected chi connectivity index (χ0v) is 13.6. The molecule has 2 aromatic rings. The van der Waals surface area contributed by atoms with Crippen LogP contribution in [-0.4, -0.2) is 9.91 Å². The first-order chi connectivity index (χ1) is 9.51. The van der Waals surface area contributed by atoms with Crippen LogP contribution in [0.5, 0.6) is 11.6 Å². The summed E-state index contributed by atoms with van der Waals surface area (Å²) in [5.41, 5.74) is 1.57. The van der Waals surface area contributed by atoms with E-state index in [0.29, 0.717) is 21.2 Å². The number of hydrogen-bond donors (Lipinski definition) is 0. The van der Waals surface area contributed by atoms with Gasteiger partial charge in [-0.1, -0.05) is 37.9 Å². The molecule has 0 radical (unpaired) electrons. The molecule has 0 saturated heterocycles. The van der Waals surface area contributed by atoms with Gasteiger partial charge < -0.3 is 4.74 Å². The highest BCUT2D eigenvalue weighted by Crippen LogP contribution is 2.36. The summed E-state index contributed by atoms with van der Waals surface area (Å²) in [5, 5.41) is 11.8. The third-order valence-electron chi connectivity index (χ3n) is 2.58. The van der Waals surface area contributed by atoms with Gasteiger partial charge in [-0.05, 0) is 18.6 Å². The number of rotatable bonds is 4. The molecule has 7 heteroatoms. The van der Waals surface area contributed by atoms with Crippen molar-refractivity contribution < 1.29 is 9.66 Å². The maximum absolute atomic E-state index is 11.1. The smallest absolute Gasteiger partial charge is 0.313 e. The SMILES string of the molecule is Cc1cc(Br)cc([N+](=O)[O-])c1Oc1ccc(CBr)cn1. The number of halogens is 2. The number of nitrogens with zero attached hydrogens (tertiary/aromatic N) is 2. The standard InChI is InChI=1S/C13H10Br2N2O3/c1-8-4-10(15)5-11(17(18)19)13(8)20-12-3-2-9(6-14)7-16-12/h2-5,7H,6H2,1H3. The van der Waals surface area contributed by atoms with E-state index in [0.717, 1.165) is 5.56 Å². The summed E-state index contributed by atoms with van der Waals surface area (Å²) in [7, 11) is 0. The number of nitro groups is 1. The topological polar surface area (TPSA) is 65.3 Å². The Morgan fingerprint density at radius 2 is 2.15 bits per heavy atom. The Morgan fingerprint density at radius 1 is 1.40 bits per heavy atom. The van der Waals surface area contributed by atoms with E-state index in [-0.39, 0.29) is 11.4 Å². The number of aromatic nitrogens is 1. The lowest BCUT2D eigenvalue weighted by Gasteiger charge is -2.09. The van der Waals surface area contributed by atoms with Crippen LogP contribution in [0.2, 0.25) is 0 Å². The molecular weight excluding hydrogens is 392 g/mol. The van der Waals surface area contributed by atoms with Gasteiger partial charge in [-0.2, -0.15) is 0 Å². The van der Waals surface area contributed by atoms with Crippen LogP contribution >= 0.6 is 31.9 Å². The van der Waals surface area contributed by atoms with E-state index in [1.165, 1.54) is 6.07 Å². The second-order valence-corrected chi connectivity index (χ2v) is 5.54. The first-order valence-electron chi connectivity index (χ1n) is 5.64. The van der Waals surface area contributed by atoms with E-state index >= 15 is 0 Å². The Morgan fingerprint density at radius 3 is 2.70 bits per heavy atom. The minimum atomic E-state index is -0.472. The molecular formula is C13H10Br2N2O3. The fraction of sp³-hybridized carbons (Fsp3) is 0.154. The van der Waals surface area contributed by atoms with Crippen LogP contribution < -0.4 is 4.74 Å². The van der Waals surface area contributed by atoms with Crippen molar-refractivity contribution in [1.82, 2.24) is 4.98 Å². The van der Waals surface area contributed by atoms with Crippen LogP contribution in [0.1, 0.15) is 11.1 Å². The van der Waals surface area contributed by atoms with Crippen LogP contribution in [0.4, 0.5) is 5.69 Å². The summed E-state index contributed by atoms with van der Waals surface area (Å²) in [5.74, 6) is 0.528. The van der Waals surface area contributed by atoms with Gasteiger partial charge >= 0.3 is 5.69 Å². The van der Waals surface area contributed by atoms with Gasteiger partial charge in [-0.15, -0.1) is 0 Å². The van der Waals surface area contributed by atoms with Crippen molar-refractivity contribution in [3.8, 4) is 11.6 Å². The van der Waals surface area contributed by atoms with Crippen molar-refractivity contribution >= 4 is 37.5 Å². The number of nitro benzene ring substituents is 1. The quantitative estimate of drug-likeness (QED) is 0.421. The van der Waals surface area contributed by atoms with Gasteiger partial charge in [-0.25, -0.2) is 4.98 Å². The van der Waals surface area contributed by atoms with Crippen LogP contribution in [0.15, 0.2) is 34.9 Å². The summed E-state index contributed by atoms with van der Waals surface area (Å²) >= 11 is 6.56. The first kappa shape index (κ1) is 14.9. The summed E-state index contributed by atoms with van der Waals surface area (Å²) in [6.07, 6.45) is 1.66. The van der Waals surface area contributed by atoms with Gasteiger partial charge in [0.1, 0.15) is 0 Å². The third-order valence-corrected chi connectivity index (χ3v) is 3.68. The van der Waals surface area contributed by atoms with Gasteiger partial charge in [0.2, 0.25) is 11.6 Å². The molecule has 0 spiro atoms. The second-order valence-electron chi connectivity index (χ2n) is 4.07. The average molecular weight is 402 g/mol. The molecule has 0 aliphatic heterocycles. The predicted octanol–water partition coefficient (Wildman–Crippen LogP) is 4.75. The molecule has 1 aromatic heterocycles. The highest BCUT2D eigenvalue weighted by molar-refractivity contribution is 9.10. The lowest BCUT2D eigenvalue weighted by atomic mass is 10.2. The third kappa shape index (κ3) is 3.34. The van der Waals surface area contributed by atoms with Crippen LogP contribution in [0.3, 0.4) is 0 Å². The maximum Gasteiger partial charge on any atom is 0.313 e. The Kier molecular flexibility index (Phi) is 4.72. The Labute approximate surface area is 132 Å². The van der Waals surface area contributed by atoms with Crippen molar-refractivity contribution in [1.29, 1.82) is 0 Å². The zero-order chi connectivity index (χ0) is 14.7. The minimum absolute atomic E-state index is 0.0942.